The fourth-order valence-electron chi connectivity index (χ4n) is 6.39. The first-order valence-electron chi connectivity index (χ1n) is 16.2. The monoisotopic (exact) mass is 612 g/mol. The van der Waals surface area contributed by atoms with Crippen molar-refractivity contribution in [2.45, 2.75) is 91.9 Å². The lowest BCUT2D eigenvalue weighted by molar-refractivity contribution is 0.221. The molecular weight excluding hydrogens is 567 g/mol. The van der Waals surface area contributed by atoms with Crippen LogP contribution in [0.5, 0.6) is 0 Å². The van der Waals surface area contributed by atoms with E-state index in [0.717, 1.165) is 45.5 Å². The lowest BCUT2D eigenvalue weighted by atomic mass is 9.68. The SMILES string of the molecule is CC(C)(C)c1ccc(-c2nc(-c3ccc(C(C)(C)C)cc3)nc(-c3ccc(-c4cc(F)c5c(c4)CC(C)(C)C5(C)C)nc3)n2)cc1. The van der Waals surface area contributed by atoms with Gasteiger partial charge < -0.3 is 0 Å². The molecule has 0 bridgehead atoms. The smallest absolute Gasteiger partial charge is 0.165 e. The predicted octanol–water partition coefficient (Wildman–Crippen LogP) is 10.5. The average molecular weight is 613 g/mol. The van der Waals surface area contributed by atoms with E-state index >= 15 is 4.39 Å². The Kier molecular flexibility index (Phi) is 7.54. The van der Waals surface area contributed by atoms with Crippen LogP contribution in [0.15, 0.2) is 79.0 Å². The van der Waals surface area contributed by atoms with Crippen molar-refractivity contribution in [1.29, 1.82) is 0 Å². The number of aromatic nitrogens is 4. The number of fused-ring (bicyclic) bond motifs is 1. The van der Waals surface area contributed by atoms with Gasteiger partial charge in [-0.1, -0.05) is 118 Å². The Hall–Kier alpha value is -4.25. The van der Waals surface area contributed by atoms with Gasteiger partial charge in [-0.15, -0.1) is 0 Å². The first-order valence-corrected chi connectivity index (χ1v) is 16.2. The Morgan fingerprint density at radius 3 is 1.48 bits per heavy atom. The van der Waals surface area contributed by atoms with Crippen molar-refractivity contribution < 1.29 is 4.39 Å². The van der Waals surface area contributed by atoms with E-state index in [1.807, 2.05) is 12.1 Å². The molecule has 0 aliphatic heterocycles. The van der Waals surface area contributed by atoms with Gasteiger partial charge in [0.05, 0.1) is 5.69 Å². The molecule has 0 atom stereocenters. The van der Waals surface area contributed by atoms with E-state index in [2.05, 4.69) is 124 Å². The Bertz CT molecular complexity index is 1830. The van der Waals surface area contributed by atoms with Gasteiger partial charge in [-0.3, -0.25) is 4.98 Å². The van der Waals surface area contributed by atoms with Crippen molar-refractivity contribution in [3.05, 3.63) is 107 Å². The Morgan fingerprint density at radius 2 is 1.04 bits per heavy atom. The minimum absolute atomic E-state index is 0.0275. The second-order valence-electron chi connectivity index (χ2n) is 16.1. The molecule has 0 fully saturated rings. The molecule has 3 aromatic carbocycles. The number of nitrogens with zero attached hydrogens (tertiary/aromatic N) is 4. The second kappa shape index (κ2) is 10.9. The van der Waals surface area contributed by atoms with Gasteiger partial charge >= 0.3 is 0 Å². The van der Waals surface area contributed by atoms with Crippen molar-refractivity contribution >= 4 is 0 Å². The zero-order valence-electron chi connectivity index (χ0n) is 28.9. The summed E-state index contributed by atoms with van der Waals surface area (Å²) in [5.41, 5.74) is 8.34. The van der Waals surface area contributed by atoms with Crippen LogP contribution in [0.1, 0.15) is 91.5 Å². The summed E-state index contributed by atoms with van der Waals surface area (Å²) in [6.45, 7) is 22.0. The molecule has 0 amide bonds. The highest BCUT2D eigenvalue weighted by Gasteiger charge is 2.47. The van der Waals surface area contributed by atoms with Gasteiger partial charge in [-0.05, 0) is 74.6 Å². The molecule has 0 spiro atoms. The topological polar surface area (TPSA) is 51.6 Å². The van der Waals surface area contributed by atoms with Crippen molar-refractivity contribution in [3.63, 3.8) is 0 Å². The third-order valence-corrected chi connectivity index (χ3v) is 10.1. The summed E-state index contributed by atoms with van der Waals surface area (Å²) in [4.78, 5) is 19.6. The van der Waals surface area contributed by atoms with E-state index in [0.29, 0.717) is 17.5 Å². The van der Waals surface area contributed by atoms with Crippen molar-refractivity contribution in [3.8, 4) is 45.4 Å². The average Bonchev–Trinajstić information content (AvgIpc) is 3.19. The van der Waals surface area contributed by atoms with Crippen LogP contribution in [0.3, 0.4) is 0 Å². The van der Waals surface area contributed by atoms with E-state index in [-0.39, 0.29) is 27.5 Å². The molecule has 2 heterocycles. The number of benzene rings is 3. The molecule has 5 aromatic rings. The van der Waals surface area contributed by atoms with Gasteiger partial charge in [0.2, 0.25) is 0 Å². The van der Waals surface area contributed by atoms with Crippen LogP contribution in [0.2, 0.25) is 0 Å². The van der Waals surface area contributed by atoms with Gasteiger partial charge in [0, 0.05) is 28.5 Å². The summed E-state index contributed by atoms with van der Waals surface area (Å²) in [5, 5.41) is 0. The summed E-state index contributed by atoms with van der Waals surface area (Å²) in [6, 6.07) is 24.5. The molecule has 4 nitrogen and oxygen atoms in total. The lowest BCUT2D eigenvalue weighted by Crippen LogP contribution is -2.32. The Balaban J connectivity index is 1.40. The molecule has 236 valence electrons. The molecule has 46 heavy (non-hydrogen) atoms. The molecule has 0 radical (unpaired) electrons. The van der Waals surface area contributed by atoms with Crippen molar-refractivity contribution in [2.75, 3.05) is 0 Å². The summed E-state index contributed by atoms with van der Waals surface area (Å²) in [6.07, 6.45) is 2.62. The molecule has 0 N–H and O–H groups in total. The quantitative estimate of drug-likeness (QED) is 0.203. The second-order valence-corrected chi connectivity index (χ2v) is 16.1. The zero-order chi connectivity index (χ0) is 33.2. The summed E-state index contributed by atoms with van der Waals surface area (Å²) < 4.78 is 15.6. The fourth-order valence-corrected chi connectivity index (χ4v) is 6.39. The minimum Gasteiger partial charge on any atom is -0.255 e. The number of hydrogen-bond donors (Lipinski definition) is 0. The third kappa shape index (κ3) is 5.77. The molecule has 0 saturated heterocycles. The molecule has 0 saturated carbocycles. The summed E-state index contributed by atoms with van der Waals surface area (Å²) in [7, 11) is 0. The van der Waals surface area contributed by atoms with Crippen LogP contribution >= 0.6 is 0 Å². The third-order valence-electron chi connectivity index (χ3n) is 10.1. The van der Waals surface area contributed by atoms with Gasteiger partial charge in [0.1, 0.15) is 5.82 Å². The van der Waals surface area contributed by atoms with Gasteiger partial charge in [-0.2, -0.15) is 0 Å². The van der Waals surface area contributed by atoms with Gasteiger partial charge in [0.25, 0.3) is 0 Å². The van der Waals surface area contributed by atoms with E-state index in [4.69, 9.17) is 19.9 Å². The molecule has 2 aromatic heterocycles. The lowest BCUT2D eigenvalue weighted by Gasteiger charge is -2.35. The van der Waals surface area contributed by atoms with Crippen molar-refractivity contribution in [2.24, 2.45) is 5.41 Å². The predicted molar refractivity (Wildman–Crippen MR) is 187 cm³/mol. The van der Waals surface area contributed by atoms with Crippen molar-refractivity contribution in [1.82, 2.24) is 19.9 Å². The maximum atomic E-state index is 15.6. The first kappa shape index (κ1) is 31.7. The van der Waals surface area contributed by atoms with Crippen LogP contribution in [0.25, 0.3) is 45.4 Å². The zero-order valence-corrected chi connectivity index (χ0v) is 28.9. The maximum absolute atomic E-state index is 15.6. The van der Waals surface area contributed by atoms with E-state index < -0.39 is 0 Å². The van der Waals surface area contributed by atoms with E-state index in [1.165, 1.54) is 11.1 Å². The fraction of sp³-hybridized carbons (Fsp3) is 0.366. The van der Waals surface area contributed by atoms with Crippen LogP contribution in [0.4, 0.5) is 4.39 Å². The highest BCUT2D eigenvalue weighted by atomic mass is 19.1. The summed E-state index contributed by atoms with van der Waals surface area (Å²) in [5.74, 6) is 1.60. The molecule has 1 aliphatic rings. The highest BCUT2D eigenvalue weighted by molar-refractivity contribution is 5.69. The minimum atomic E-state index is -0.240. The maximum Gasteiger partial charge on any atom is 0.165 e. The van der Waals surface area contributed by atoms with Gasteiger partial charge in [-0.25, -0.2) is 19.3 Å². The van der Waals surface area contributed by atoms with Crippen LogP contribution in [-0.2, 0) is 22.7 Å². The highest BCUT2D eigenvalue weighted by Crippen LogP contribution is 2.52. The van der Waals surface area contributed by atoms with Crippen LogP contribution in [-0.4, -0.2) is 19.9 Å². The van der Waals surface area contributed by atoms with Crippen LogP contribution in [0, 0.1) is 11.2 Å². The first-order chi connectivity index (χ1) is 21.4. The molecule has 6 rings (SSSR count). The normalized spacial score (nSPS) is 15.5. The number of halogens is 1. The molecule has 1 aliphatic carbocycles. The Morgan fingerprint density at radius 1 is 0.587 bits per heavy atom. The standard InChI is InChI=1S/C41H45FN4/c1-38(2,3)30-16-11-25(12-17-30)35-44-36(26-13-18-31(19-14-26)39(4,5)6)46-37(45-35)27-15-20-33(43-24-27)28-21-29-23-40(7,8)41(9,10)34(29)32(42)22-28/h11-22,24H,23H2,1-10H3. The summed E-state index contributed by atoms with van der Waals surface area (Å²) >= 11 is 0. The number of pyridine rings is 1. The van der Waals surface area contributed by atoms with E-state index in [1.54, 1.807) is 12.3 Å². The molecule has 5 heteroatoms. The largest absolute Gasteiger partial charge is 0.255 e. The molecular formula is C41H45FN4. The van der Waals surface area contributed by atoms with Gasteiger partial charge in [0.15, 0.2) is 17.5 Å². The molecule has 0 unspecified atom stereocenters. The van der Waals surface area contributed by atoms with E-state index in [9.17, 15) is 0 Å². The number of rotatable bonds is 4. The van der Waals surface area contributed by atoms with Crippen LogP contribution < -0.4 is 0 Å². The number of hydrogen-bond acceptors (Lipinski definition) is 4. The Labute approximate surface area is 273 Å².